The standard InChI is InChI=1S/C13H16F3NO3S/c1-3-11(19)17(10(7-18)8-20-2)6-9-4-5-21-12(9)13(14,15)16/h3-5,10,18H,1,6-8H2,2H3/t10-/m0/s1. The molecule has 0 spiro atoms. The molecule has 21 heavy (non-hydrogen) atoms. The predicted molar refractivity (Wildman–Crippen MR) is 72.8 cm³/mol. The molecular weight excluding hydrogens is 307 g/mol. The largest absolute Gasteiger partial charge is 0.425 e. The van der Waals surface area contributed by atoms with Crippen LogP contribution in [-0.4, -0.2) is 42.3 Å². The maximum atomic E-state index is 12.9. The molecule has 118 valence electrons. The van der Waals surface area contributed by atoms with Crippen molar-refractivity contribution in [1.29, 1.82) is 0 Å². The van der Waals surface area contributed by atoms with Crippen molar-refractivity contribution >= 4 is 17.2 Å². The van der Waals surface area contributed by atoms with Crippen molar-refractivity contribution in [3.05, 3.63) is 34.5 Å². The molecule has 0 unspecified atom stereocenters. The van der Waals surface area contributed by atoms with E-state index in [1.165, 1.54) is 18.6 Å². The van der Waals surface area contributed by atoms with Crippen molar-refractivity contribution in [2.75, 3.05) is 20.3 Å². The fourth-order valence-electron chi connectivity index (χ4n) is 1.83. The first-order valence-electron chi connectivity index (χ1n) is 6.01. The topological polar surface area (TPSA) is 49.8 Å². The van der Waals surface area contributed by atoms with Crippen molar-refractivity contribution in [3.63, 3.8) is 0 Å². The zero-order valence-electron chi connectivity index (χ0n) is 11.4. The summed E-state index contributed by atoms with van der Waals surface area (Å²) in [6.45, 7) is 2.66. The van der Waals surface area contributed by atoms with Gasteiger partial charge in [-0.3, -0.25) is 4.79 Å². The Labute approximate surface area is 124 Å². The number of hydrogen-bond donors (Lipinski definition) is 1. The molecule has 0 radical (unpaired) electrons. The van der Waals surface area contributed by atoms with Gasteiger partial charge in [0.25, 0.3) is 0 Å². The summed E-state index contributed by atoms with van der Waals surface area (Å²) < 4.78 is 43.5. The van der Waals surface area contributed by atoms with Crippen LogP contribution < -0.4 is 0 Å². The number of carbonyl (C=O) groups is 1. The lowest BCUT2D eigenvalue weighted by Crippen LogP contribution is -2.44. The van der Waals surface area contributed by atoms with Gasteiger partial charge in [-0.05, 0) is 23.1 Å². The van der Waals surface area contributed by atoms with Crippen molar-refractivity contribution in [2.24, 2.45) is 0 Å². The van der Waals surface area contributed by atoms with Gasteiger partial charge in [-0.15, -0.1) is 11.3 Å². The minimum Gasteiger partial charge on any atom is -0.394 e. The molecule has 0 aromatic carbocycles. The van der Waals surface area contributed by atoms with Gasteiger partial charge in [0.15, 0.2) is 0 Å². The highest BCUT2D eigenvalue weighted by Gasteiger charge is 2.36. The third-order valence-corrected chi connectivity index (χ3v) is 3.81. The summed E-state index contributed by atoms with van der Waals surface area (Å²) in [7, 11) is 1.38. The third-order valence-electron chi connectivity index (χ3n) is 2.81. The van der Waals surface area contributed by atoms with Crippen LogP contribution in [0.2, 0.25) is 0 Å². The minimum absolute atomic E-state index is 0.0154. The first-order valence-corrected chi connectivity index (χ1v) is 6.89. The Morgan fingerprint density at radius 3 is 2.76 bits per heavy atom. The molecular formula is C13H16F3NO3S. The van der Waals surface area contributed by atoms with Gasteiger partial charge in [0.1, 0.15) is 4.88 Å². The zero-order chi connectivity index (χ0) is 16.0. The van der Waals surface area contributed by atoms with Gasteiger partial charge in [0.2, 0.25) is 5.91 Å². The lowest BCUT2D eigenvalue weighted by Gasteiger charge is -2.29. The molecule has 0 aliphatic carbocycles. The van der Waals surface area contributed by atoms with Gasteiger partial charge in [-0.25, -0.2) is 0 Å². The number of carbonyl (C=O) groups excluding carboxylic acids is 1. The average Bonchev–Trinajstić information content (AvgIpc) is 2.90. The molecule has 0 saturated carbocycles. The molecule has 1 aromatic heterocycles. The van der Waals surface area contributed by atoms with E-state index in [0.29, 0.717) is 11.3 Å². The van der Waals surface area contributed by atoms with E-state index in [4.69, 9.17) is 4.74 Å². The van der Waals surface area contributed by atoms with E-state index in [2.05, 4.69) is 6.58 Å². The Hall–Kier alpha value is -1.38. The predicted octanol–water partition coefficient (Wildman–Crippen LogP) is 2.29. The fourth-order valence-corrected chi connectivity index (χ4v) is 2.62. The number of hydrogen-bond acceptors (Lipinski definition) is 4. The lowest BCUT2D eigenvalue weighted by atomic mass is 10.2. The number of thiophene rings is 1. The van der Waals surface area contributed by atoms with Crippen LogP contribution in [0.5, 0.6) is 0 Å². The molecule has 0 saturated heterocycles. The SMILES string of the molecule is C=CC(=O)N(Cc1ccsc1C(F)(F)F)[C@@H](CO)COC. The maximum absolute atomic E-state index is 12.9. The maximum Gasteiger partial charge on any atom is 0.425 e. The van der Waals surface area contributed by atoms with Gasteiger partial charge in [-0.2, -0.15) is 13.2 Å². The Kier molecular flexibility index (Phi) is 6.38. The highest BCUT2D eigenvalue weighted by atomic mass is 32.1. The van der Waals surface area contributed by atoms with E-state index in [1.54, 1.807) is 0 Å². The molecule has 0 aliphatic rings. The quantitative estimate of drug-likeness (QED) is 0.783. The Balaban J connectivity index is 3.05. The van der Waals surface area contributed by atoms with Gasteiger partial charge >= 0.3 is 6.18 Å². The van der Waals surface area contributed by atoms with Crippen molar-refractivity contribution in [3.8, 4) is 0 Å². The summed E-state index contributed by atoms with van der Waals surface area (Å²) in [6, 6.07) is 0.583. The van der Waals surface area contributed by atoms with E-state index in [-0.39, 0.29) is 18.7 Å². The molecule has 1 heterocycles. The number of rotatable bonds is 7. The monoisotopic (exact) mass is 323 g/mol. The van der Waals surface area contributed by atoms with Crippen molar-refractivity contribution in [2.45, 2.75) is 18.8 Å². The molecule has 0 bridgehead atoms. The van der Waals surface area contributed by atoms with E-state index in [1.807, 2.05) is 0 Å². The molecule has 8 heteroatoms. The molecule has 1 atom stereocenters. The highest BCUT2D eigenvalue weighted by Crippen LogP contribution is 2.36. The Morgan fingerprint density at radius 1 is 1.62 bits per heavy atom. The summed E-state index contributed by atoms with van der Waals surface area (Å²) in [5.74, 6) is -0.564. The van der Waals surface area contributed by atoms with Gasteiger partial charge in [0, 0.05) is 13.7 Å². The first kappa shape index (κ1) is 17.7. The van der Waals surface area contributed by atoms with Crippen LogP contribution >= 0.6 is 11.3 Å². The Morgan fingerprint density at radius 2 is 2.29 bits per heavy atom. The van der Waals surface area contributed by atoms with Crippen LogP contribution in [0.25, 0.3) is 0 Å². The number of halogens is 3. The van der Waals surface area contributed by atoms with E-state index < -0.39 is 29.6 Å². The van der Waals surface area contributed by atoms with Crippen molar-refractivity contribution < 1.29 is 27.8 Å². The summed E-state index contributed by atoms with van der Waals surface area (Å²) >= 11 is 0.568. The van der Waals surface area contributed by atoms with Gasteiger partial charge < -0.3 is 14.7 Å². The number of alkyl halides is 3. The van der Waals surface area contributed by atoms with Crippen LogP contribution in [0.3, 0.4) is 0 Å². The summed E-state index contributed by atoms with van der Waals surface area (Å²) in [5.41, 5.74) is -0.0164. The molecule has 1 rings (SSSR count). The molecule has 1 N–H and O–H groups in total. The van der Waals surface area contributed by atoms with E-state index in [0.717, 1.165) is 11.0 Å². The zero-order valence-corrected chi connectivity index (χ0v) is 12.2. The number of methoxy groups -OCH3 is 1. The summed E-state index contributed by atoms with van der Waals surface area (Å²) in [5, 5.41) is 10.6. The second-order valence-corrected chi connectivity index (χ2v) is 5.15. The lowest BCUT2D eigenvalue weighted by molar-refractivity contribution is -0.137. The number of aliphatic hydroxyl groups is 1. The fraction of sp³-hybridized carbons (Fsp3) is 0.462. The normalized spacial score (nSPS) is 13.0. The second kappa shape index (κ2) is 7.58. The van der Waals surface area contributed by atoms with Gasteiger partial charge in [0.05, 0.1) is 19.3 Å². The molecule has 0 fully saturated rings. The number of nitrogens with zero attached hydrogens (tertiary/aromatic N) is 1. The van der Waals surface area contributed by atoms with E-state index >= 15 is 0 Å². The summed E-state index contributed by atoms with van der Waals surface area (Å²) in [4.78, 5) is 12.2. The highest BCUT2D eigenvalue weighted by molar-refractivity contribution is 7.10. The second-order valence-electron chi connectivity index (χ2n) is 4.23. The molecule has 0 aliphatic heterocycles. The number of amides is 1. The minimum atomic E-state index is -4.47. The van der Waals surface area contributed by atoms with Crippen molar-refractivity contribution in [1.82, 2.24) is 4.90 Å². The van der Waals surface area contributed by atoms with Crippen LogP contribution in [-0.2, 0) is 22.3 Å². The van der Waals surface area contributed by atoms with Crippen LogP contribution in [0, 0.1) is 0 Å². The molecule has 1 aromatic rings. The average molecular weight is 323 g/mol. The molecule has 1 amide bonds. The smallest absolute Gasteiger partial charge is 0.394 e. The molecule has 4 nitrogen and oxygen atoms in total. The van der Waals surface area contributed by atoms with Crippen LogP contribution in [0.4, 0.5) is 13.2 Å². The van der Waals surface area contributed by atoms with Gasteiger partial charge in [-0.1, -0.05) is 6.58 Å². The number of ether oxygens (including phenoxy) is 1. The van der Waals surface area contributed by atoms with Crippen LogP contribution in [0.15, 0.2) is 24.1 Å². The van der Waals surface area contributed by atoms with E-state index in [9.17, 15) is 23.1 Å². The number of aliphatic hydroxyl groups excluding tert-OH is 1. The van der Waals surface area contributed by atoms with Crippen LogP contribution in [0.1, 0.15) is 10.4 Å². The Bertz CT molecular complexity index is 487. The third kappa shape index (κ3) is 4.55. The first-order chi connectivity index (χ1) is 9.85. The summed E-state index contributed by atoms with van der Waals surface area (Å²) in [6.07, 6.45) is -3.47.